The van der Waals surface area contributed by atoms with E-state index in [1.54, 1.807) is 0 Å². The Morgan fingerprint density at radius 2 is 2.22 bits per heavy atom. The van der Waals surface area contributed by atoms with Gasteiger partial charge in [-0.2, -0.15) is 0 Å². The van der Waals surface area contributed by atoms with Crippen molar-refractivity contribution >= 4 is 5.97 Å². The van der Waals surface area contributed by atoms with Crippen LogP contribution in [0.25, 0.3) is 0 Å². The van der Waals surface area contributed by atoms with Gasteiger partial charge in [0.25, 0.3) is 0 Å². The first-order chi connectivity index (χ1) is 8.74. The fourth-order valence-electron chi connectivity index (χ4n) is 2.54. The topological polar surface area (TPSA) is 49.8 Å². The van der Waals surface area contributed by atoms with Crippen LogP contribution in [0.2, 0.25) is 0 Å². The van der Waals surface area contributed by atoms with Crippen LogP contribution in [0.4, 0.5) is 0 Å². The number of aliphatic carboxylic acids is 1. The predicted octanol–water partition coefficient (Wildman–Crippen LogP) is 1.92. The molecule has 0 bridgehead atoms. The second kappa shape index (κ2) is 5.98. The minimum atomic E-state index is -0.802. The van der Waals surface area contributed by atoms with Crippen LogP contribution in [0, 0.1) is 0 Å². The summed E-state index contributed by atoms with van der Waals surface area (Å²) in [6, 6.07) is 9.69. The maximum Gasteiger partial charge on any atom is 0.323 e. The number of rotatable bonds is 4. The SMILES string of the molecule is CCC(c1ccccc1)N1CCOCC1C(=O)O. The summed E-state index contributed by atoms with van der Waals surface area (Å²) in [6.07, 6.45) is 0.897. The van der Waals surface area contributed by atoms with Crippen LogP contribution in [-0.4, -0.2) is 41.8 Å². The van der Waals surface area contributed by atoms with Crippen molar-refractivity contribution in [3.05, 3.63) is 35.9 Å². The van der Waals surface area contributed by atoms with Crippen molar-refractivity contribution in [2.75, 3.05) is 19.8 Å². The predicted molar refractivity (Wildman–Crippen MR) is 68.4 cm³/mol. The molecule has 18 heavy (non-hydrogen) atoms. The highest BCUT2D eigenvalue weighted by molar-refractivity contribution is 5.73. The van der Waals surface area contributed by atoms with E-state index in [1.165, 1.54) is 5.56 Å². The van der Waals surface area contributed by atoms with Crippen LogP contribution in [0.1, 0.15) is 24.9 Å². The molecule has 2 atom stereocenters. The summed E-state index contributed by atoms with van der Waals surface area (Å²) < 4.78 is 5.28. The van der Waals surface area contributed by atoms with E-state index in [1.807, 2.05) is 23.1 Å². The number of benzene rings is 1. The molecule has 1 saturated heterocycles. The summed E-state index contributed by atoms with van der Waals surface area (Å²) in [5, 5.41) is 9.28. The van der Waals surface area contributed by atoms with Gasteiger partial charge >= 0.3 is 5.97 Å². The summed E-state index contributed by atoms with van der Waals surface area (Å²) in [4.78, 5) is 13.3. The molecule has 1 aromatic carbocycles. The maximum absolute atomic E-state index is 11.3. The molecule has 0 aliphatic carbocycles. The van der Waals surface area contributed by atoms with Crippen LogP contribution < -0.4 is 0 Å². The van der Waals surface area contributed by atoms with Crippen molar-refractivity contribution in [1.82, 2.24) is 4.90 Å². The summed E-state index contributed by atoms with van der Waals surface area (Å²) in [5.74, 6) is -0.802. The number of carboxylic acids is 1. The molecule has 4 heteroatoms. The number of carboxylic acid groups (broad SMARTS) is 1. The van der Waals surface area contributed by atoms with E-state index in [4.69, 9.17) is 4.74 Å². The third-order valence-corrected chi connectivity index (χ3v) is 3.43. The van der Waals surface area contributed by atoms with Crippen LogP contribution in [0.5, 0.6) is 0 Å². The average Bonchev–Trinajstić information content (AvgIpc) is 2.41. The Morgan fingerprint density at radius 1 is 1.50 bits per heavy atom. The Hall–Kier alpha value is -1.39. The highest BCUT2D eigenvalue weighted by atomic mass is 16.5. The highest BCUT2D eigenvalue weighted by Gasteiger charge is 2.33. The number of carbonyl (C=O) groups is 1. The standard InChI is InChI=1S/C14H19NO3/c1-2-12(11-6-4-3-5-7-11)15-8-9-18-10-13(15)14(16)17/h3-7,12-13H,2,8-10H2,1H3,(H,16,17). The lowest BCUT2D eigenvalue weighted by molar-refractivity contribution is -0.151. The van der Waals surface area contributed by atoms with E-state index in [9.17, 15) is 9.90 Å². The van der Waals surface area contributed by atoms with Gasteiger partial charge in [-0.25, -0.2) is 0 Å². The lowest BCUT2D eigenvalue weighted by atomic mass is 10.0. The Morgan fingerprint density at radius 3 is 2.83 bits per heavy atom. The molecule has 4 nitrogen and oxygen atoms in total. The first kappa shape index (κ1) is 13.1. The highest BCUT2D eigenvalue weighted by Crippen LogP contribution is 2.27. The van der Waals surface area contributed by atoms with Gasteiger partial charge in [0.1, 0.15) is 6.04 Å². The molecule has 1 fully saturated rings. The van der Waals surface area contributed by atoms with Gasteiger partial charge in [-0.15, -0.1) is 0 Å². The van der Waals surface area contributed by atoms with E-state index < -0.39 is 12.0 Å². The van der Waals surface area contributed by atoms with Crippen molar-refractivity contribution in [3.63, 3.8) is 0 Å². The van der Waals surface area contributed by atoms with Crippen LogP contribution in [0.15, 0.2) is 30.3 Å². The first-order valence-electron chi connectivity index (χ1n) is 6.35. The van der Waals surface area contributed by atoms with Gasteiger partial charge in [0.05, 0.1) is 13.2 Å². The molecule has 0 spiro atoms. The van der Waals surface area contributed by atoms with Gasteiger partial charge in [0.15, 0.2) is 0 Å². The molecule has 1 aromatic rings. The number of ether oxygens (including phenoxy) is 1. The lowest BCUT2D eigenvalue weighted by Gasteiger charge is -2.38. The van der Waals surface area contributed by atoms with Crippen LogP contribution in [0.3, 0.4) is 0 Å². The van der Waals surface area contributed by atoms with Crippen molar-refractivity contribution in [1.29, 1.82) is 0 Å². The second-order valence-corrected chi connectivity index (χ2v) is 4.50. The number of hydrogen-bond donors (Lipinski definition) is 1. The summed E-state index contributed by atoms with van der Waals surface area (Å²) in [6.45, 7) is 3.64. The van der Waals surface area contributed by atoms with Crippen molar-refractivity contribution in [2.45, 2.75) is 25.4 Å². The van der Waals surface area contributed by atoms with E-state index in [0.29, 0.717) is 13.2 Å². The summed E-state index contributed by atoms with van der Waals surface area (Å²) >= 11 is 0. The third kappa shape index (κ3) is 2.71. The van der Waals surface area contributed by atoms with Crippen LogP contribution in [-0.2, 0) is 9.53 Å². The Kier molecular flexibility index (Phi) is 4.33. The van der Waals surface area contributed by atoms with Crippen molar-refractivity contribution < 1.29 is 14.6 Å². The zero-order valence-corrected chi connectivity index (χ0v) is 10.6. The molecule has 1 N–H and O–H groups in total. The average molecular weight is 249 g/mol. The van der Waals surface area contributed by atoms with Crippen molar-refractivity contribution in [3.8, 4) is 0 Å². The molecule has 98 valence electrons. The number of nitrogens with zero attached hydrogens (tertiary/aromatic N) is 1. The van der Waals surface area contributed by atoms with Crippen LogP contribution >= 0.6 is 0 Å². The monoisotopic (exact) mass is 249 g/mol. The van der Waals surface area contributed by atoms with Gasteiger partial charge in [-0.1, -0.05) is 37.3 Å². The van der Waals surface area contributed by atoms with Gasteiger partial charge in [-0.05, 0) is 12.0 Å². The lowest BCUT2D eigenvalue weighted by Crippen LogP contribution is -2.51. The van der Waals surface area contributed by atoms with E-state index in [2.05, 4.69) is 19.1 Å². The van der Waals surface area contributed by atoms with Gasteiger partial charge < -0.3 is 9.84 Å². The molecule has 0 amide bonds. The Bertz CT molecular complexity index is 393. The van der Waals surface area contributed by atoms with E-state index in [-0.39, 0.29) is 12.6 Å². The fourth-order valence-corrected chi connectivity index (χ4v) is 2.54. The van der Waals surface area contributed by atoms with E-state index >= 15 is 0 Å². The molecule has 0 aromatic heterocycles. The number of hydrogen-bond acceptors (Lipinski definition) is 3. The minimum Gasteiger partial charge on any atom is -0.480 e. The second-order valence-electron chi connectivity index (χ2n) is 4.50. The zero-order valence-electron chi connectivity index (χ0n) is 10.6. The number of morpholine rings is 1. The van der Waals surface area contributed by atoms with Gasteiger partial charge in [0.2, 0.25) is 0 Å². The van der Waals surface area contributed by atoms with E-state index in [0.717, 1.165) is 6.42 Å². The molecule has 0 saturated carbocycles. The Labute approximate surface area is 107 Å². The quantitative estimate of drug-likeness (QED) is 0.885. The maximum atomic E-state index is 11.3. The first-order valence-corrected chi connectivity index (χ1v) is 6.35. The normalized spacial score (nSPS) is 22.6. The zero-order chi connectivity index (χ0) is 13.0. The van der Waals surface area contributed by atoms with Gasteiger partial charge in [-0.3, -0.25) is 9.69 Å². The molecule has 0 radical (unpaired) electrons. The molecule has 1 aliphatic rings. The fraction of sp³-hybridized carbons (Fsp3) is 0.500. The Balaban J connectivity index is 2.22. The smallest absolute Gasteiger partial charge is 0.323 e. The molecular formula is C14H19NO3. The molecule has 1 aliphatic heterocycles. The molecule has 2 rings (SSSR count). The molecular weight excluding hydrogens is 230 g/mol. The minimum absolute atomic E-state index is 0.149. The summed E-state index contributed by atoms with van der Waals surface area (Å²) in [7, 11) is 0. The summed E-state index contributed by atoms with van der Waals surface area (Å²) in [5.41, 5.74) is 1.17. The molecule has 2 unspecified atom stereocenters. The van der Waals surface area contributed by atoms with Gasteiger partial charge in [0, 0.05) is 12.6 Å². The third-order valence-electron chi connectivity index (χ3n) is 3.43. The largest absolute Gasteiger partial charge is 0.480 e. The van der Waals surface area contributed by atoms with Crippen molar-refractivity contribution in [2.24, 2.45) is 0 Å². The molecule has 1 heterocycles.